The van der Waals surface area contributed by atoms with Gasteiger partial charge in [0.2, 0.25) is 0 Å². The van der Waals surface area contributed by atoms with E-state index in [-0.39, 0.29) is 18.4 Å². The highest BCUT2D eigenvalue weighted by atomic mass is 16.5. The van der Waals surface area contributed by atoms with Gasteiger partial charge in [-0.05, 0) is 55.3 Å². The predicted molar refractivity (Wildman–Crippen MR) is 98.3 cm³/mol. The van der Waals surface area contributed by atoms with Crippen LogP contribution >= 0.6 is 0 Å². The number of carbonyl (C=O) groups excluding carboxylic acids is 3. The van der Waals surface area contributed by atoms with E-state index >= 15 is 0 Å². The lowest BCUT2D eigenvalue weighted by atomic mass is 10.1. The molecule has 0 aliphatic heterocycles. The number of amides is 2. The Morgan fingerprint density at radius 2 is 1.46 bits per heavy atom. The van der Waals surface area contributed by atoms with Gasteiger partial charge in [-0.25, -0.2) is 0 Å². The zero-order valence-corrected chi connectivity index (χ0v) is 15.1. The second-order valence-corrected chi connectivity index (χ2v) is 5.93. The molecule has 6 nitrogen and oxygen atoms in total. The van der Waals surface area contributed by atoms with Crippen molar-refractivity contribution in [1.82, 2.24) is 10.6 Å². The van der Waals surface area contributed by atoms with E-state index in [9.17, 15) is 14.4 Å². The maximum absolute atomic E-state index is 12.1. The molecule has 2 amide bonds. The molecule has 136 valence electrons. The number of aryl methyl sites for hydroxylation is 2. The molecule has 0 saturated heterocycles. The van der Waals surface area contributed by atoms with E-state index in [2.05, 4.69) is 10.6 Å². The van der Waals surface area contributed by atoms with Gasteiger partial charge < -0.3 is 15.4 Å². The van der Waals surface area contributed by atoms with E-state index < -0.39 is 5.97 Å². The number of benzene rings is 2. The zero-order chi connectivity index (χ0) is 19.1. The number of carbonyl (C=O) groups is 3. The number of hydrogen-bond donors (Lipinski definition) is 2. The Morgan fingerprint density at radius 3 is 2.04 bits per heavy atom. The van der Waals surface area contributed by atoms with Crippen molar-refractivity contribution in [2.75, 3.05) is 13.1 Å². The summed E-state index contributed by atoms with van der Waals surface area (Å²) in [5.74, 6) is -0.622. The predicted octanol–water partition coefficient (Wildman–Crippen LogP) is 2.39. The average molecular weight is 354 g/mol. The highest BCUT2D eigenvalue weighted by Crippen LogP contribution is 2.13. The summed E-state index contributed by atoms with van der Waals surface area (Å²) in [6.45, 7) is 5.83. The third-order valence-corrected chi connectivity index (χ3v) is 3.82. The van der Waals surface area contributed by atoms with Crippen molar-refractivity contribution in [2.24, 2.45) is 0 Å². The van der Waals surface area contributed by atoms with Crippen molar-refractivity contribution in [3.05, 3.63) is 64.7 Å². The minimum Gasteiger partial charge on any atom is -0.427 e. The molecule has 26 heavy (non-hydrogen) atoms. The molecule has 0 heterocycles. The van der Waals surface area contributed by atoms with Crippen LogP contribution in [0, 0.1) is 13.8 Å². The van der Waals surface area contributed by atoms with Gasteiger partial charge in [-0.3, -0.25) is 14.4 Å². The maximum Gasteiger partial charge on any atom is 0.308 e. The number of esters is 1. The van der Waals surface area contributed by atoms with E-state index in [1.165, 1.54) is 13.0 Å². The molecule has 2 aromatic carbocycles. The average Bonchev–Trinajstić information content (AvgIpc) is 2.60. The van der Waals surface area contributed by atoms with Crippen LogP contribution in [0.15, 0.2) is 42.5 Å². The normalized spacial score (nSPS) is 10.1. The van der Waals surface area contributed by atoms with Gasteiger partial charge in [-0.15, -0.1) is 0 Å². The van der Waals surface area contributed by atoms with E-state index in [1.807, 2.05) is 26.0 Å². The fourth-order valence-electron chi connectivity index (χ4n) is 2.31. The van der Waals surface area contributed by atoms with Crippen LogP contribution in [0.4, 0.5) is 0 Å². The number of nitrogens with one attached hydrogen (secondary N) is 2. The highest BCUT2D eigenvalue weighted by molar-refractivity contribution is 5.95. The first-order valence-corrected chi connectivity index (χ1v) is 8.29. The van der Waals surface area contributed by atoms with Crippen LogP contribution in [-0.4, -0.2) is 30.9 Å². The van der Waals surface area contributed by atoms with Crippen LogP contribution in [0.2, 0.25) is 0 Å². The Labute approximate surface area is 152 Å². The van der Waals surface area contributed by atoms with E-state index in [0.717, 1.165) is 11.1 Å². The van der Waals surface area contributed by atoms with Crippen molar-refractivity contribution in [3.8, 4) is 5.75 Å². The molecular formula is C20H22N2O4. The van der Waals surface area contributed by atoms with Gasteiger partial charge >= 0.3 is 5.97 Å². The number of hydrogen-bond acceptors (Lipinski definition) is 4. The SMILES string of the molecule is CC(=O)Oc1cccc(C(=O)NCCNC(=O)c2ccc(C)c(C)c2)c1. The first kappa shape index (κ1) is 19.2. The summed E-state index contributed by atoms with van der Waals surface area (Å²) < 4.78 is 4.95. The lowest BCUT2D eigenvalue weighted by Gasteiger charge is -2.09. The zero-order valence-electron chi connectivity index (χ0n) is 15.1. The molecule has 0 aliphatic rings. The molecule has 2 aromatic rings. The van der Waals surface area contributed by atoms with Crippen molar-refractivity contribution in [3.63, 3.8) is 0 Å². The fourth-order valence-corrected chi connectivity index (χ4v) is 2.31. The molecule has 0 aromatic heterocycles. The topological polar surface area (TPSA) is 84.5 Å². The quantitative estimate of drug-likeness (QED) is 0.474. The summed E-state index contributed by atoms with van der Waals surface area (Å²) in [6, 6.07) is 11.9. The lowest BCUT2D eigenvalue weighted by molar-refractivity contribution is -0.131. The second-order valence-electron chi connectivity index (χ2n) is 5.93. The summed E-state index contributed by atoms with van der Waals surface area (Å²) in [5.41, 5.74) is 3.15. The molecule has 0 atom stereocenters. The molecular weight excluding hydrogens is 332 g/mol. The van der Waals surface area contributed by atoms with Crippen LogP contribution in [0.3, 0.4) is 0 Å². The Morgan fingerprint density at radius 1 is 0.846 bits per heavy atom. The van der Waals surface area contributed by atoms with Crippen LogP contribution in [-0.2, 0) is 4.79 Å². The van der Waals surface area contributed by atoms with Crippen molar-refractivity contribution >= 4 is 17.8 Å². The molecule has 0 bridgehead atoms. The molecule has 0 radical (unpaired) electrons. The summed E-state index contributed by atoms with van der Waals surface area (Å²) in [7, 11) is 0. The fraction of sp³-hybridized carbons (Fsp3) is 0.250. The Bertz CT molecular complexity index is 830. The first-order valence-electron chi connectivity index (χ1n) is 8.29. The molecule has 0 spiro atoms. The Balaban J connectivity index is 1.82. The Kier molecular flexibility index (Phi) is 6.49. The molecule has 0 aliphatic carbocycles. The molecule has 6 heteroatoms. The summed E-state index contributed by atoms with van der Waals surface area (Å²) >= 11 is 0. The van der Waals surface area contributed by atoms with Gasteiger partial charge in [0.15, 0.2) is 0 Å². The van der Waals surface area contributed by atoms with Gasteiger partial charge in [0.1, 0.15) is 5.75 Å². The van der Waals surface area contributed by atoms with Crippen molar-refractivity contribution in [1.29, 1.82) is 0 Å². The largest absolute Gasteiger partial charge is 0.427 e. The molecule has 0 saturated carbocycles. The minimum atomic E-state index is -0.448. The standard InChI is InChI=1S/C20H22N2O4/c1-13-7-8-17(11-14(13)2)20(25)22-10-9-21-19(24)16-5-4-6-18(12-16)26-15(3)23/h4-8,11-12H,9-10H2,1-3H3,(H,21,24)(H,22,25). The second kappa shape index (κ2) is 8.80. The number of ether oxygens (including phenoxy) is 1. The van der Waals surface area contributed by atoms with Gasteiger partial charge in [-0.2, -0.15) is 0 Å². The van der Waals surface area contributed by atoms with Crippen LogP contribution < -0.4 is 15.4 Å². The molecule has 0 fully saturated rings. The minimum absolute atomic E-state index is 0.181. The molecule has 2 rings (SSSR count). The van der Waals surface area contributed by atoms with Gasteiger partial charge in [0, 0.05) is 31.1 Å². The third-order valence-electron chi connectivity index (χ3n) is 3.82. The first-order chi connectivity index (χ1) is 12.4. The van der Waals surface area contributed by atoms with Crippen LogP contribution in [0.25, 0.3) is 0 Å². The number of rotatable bonds is 6. The summed E-state index contributed by atoms with van der Waals surface area (Å²) in [5, 5.41) is 5.48. The Hall–Kier alpha value is -3.15. The molecule has 0 unspecified atom stereocenters. The van der Waals surface area contributed by atoms with Crippen LogP contribution in [0.5, 0.6) is 5.75 Å². The van der Waals surface area contributed by atoms with Crippen LogP contribution in [0.1, 0.15) is 38.8 Å². The van der Waals surface area contributed by atoms with E-state index in [4.69, 9.17) is 4.74 Å². The van der Waals surface area contributed by atoms with E-state index in [0.29, 0.717) is 23.4 Å². The lowest BCUT2D eigenvalue weighted by Crippen LogP contribution is -2.34. The van der Waals surface area contributed by atoms with Crippen molar-refractivity contribution < 1.29 is 19.1 Å². The van der Waals surface area contributed by atoms with Gasteiger partial charge in [-0.1, -0.05) is 12.1 Å². The summed E-state index contributed by atoms with van der Waals surface area (Å²) in [4.78, 5) is 35.2. The highest BCUT2D eigenvalue weighted by Gasteiger charge is 2.09. The maximum atomic E-state index is 12.1. The summed E-state index contributed by atoms with van der Waals surface area (Å²) in [6.07, 6.45) is 0. The van der Waals surface area contributed by atoms with Crippen molar-refractivity contribution in [2.45, 2.75) is 20.8 Å². The molecule has 2 N–H and O–H groups in total. The third kappa shape index (κ3) is 5.44. The van der Waals surface area contributed by atoms with E-state index in [1.54, 1.807) is 24.3 Å². The van der Waals surface area contributed by atoms with Gasteiger partial charge in [0.25, 0.3) is 11.8 Å². The monoisotopic (exact) mass is 354 g/mol. The smallest absolute Gasteiger partial charge is 0.308 e. The van der Waals surface area contributed by atoms with Gasteiger partial charge in [0.05, 0.1) is 0 Å².